The maximum atomic E-state index is 4.85. The van der Waals surface area contributed by atoms with Crippen LogP contribution in [-0.2, 0) is 6.42 Å². The monoisotopic (exact) mass is 351 g/mol. The van der Waals surface area contributed by atoms with Gasteiger partial charge in [0.05, 0.1) is 0 Å². The third-order valence-corrected chi connectivity index (χ3v) is 5.88. The van der Waals surface area contributed by atoms with E-state index >= 15 is 0 Å². The molecule has 0 saturated carbocycles. The Morgan fingerprint density at radius 3 is 2.58 bits per heavy atom. The first-order chi connectivity index (χ1) is 12.7. The first-order valence-electron chi connectivity index (χ1n) is 10.0. The van der Waals surface area contributed by atoms with Gasteiger partial charge in [-0.25, -0.2) is 9.97 Å². The summed E-state index contributed by atoms with van der Waals surface area (Å²) in [7, 11) is 0. The zero-order chi connectivity index (χ0) is 17.9. The lowest BCUT2D eigenvalue weighted by Gasteiger charge is -2.39. The fraction of sp³-hybridized carbons (Fsp3) is 0.571. The van der Waals surface area contributed by atoms with Crippen molar-refractivity contribution in [1.82, 2.24) is 19.9 Å². The summed E-state index contributed by atoms with van der Waals surface area (Å²) < 4.78 is 0. The lowest BCUT2D eigenvalue weighted by atomic mass is 10.0. The standard InChI is InChI=1S/C21H29N5/c1-3-17-15-20(24-21(23-17)19-8-4-5-11-22-19)25-13-9-18(10-14-25)26-12-6-7-16(26)2/h4-5,8,11,15-16,18H,3,6-7,9-10,12-14H2,1-2H3. The Hall–Kier alpha value is -2.01. The molecule has 2 aliphatic rings. The summed E-state index contributed by atoms with van der Waals surface area (Å²) in [6.07, 6.45) is 7.90. The second-order valence-electron chi connectivity index (χ2n) is 7.56. The highest BCUT2D eigenvalue weighted by Crippen LogP contribution is 2.28. The first-order valence-corrected chi connectivity index (χ1v) is 10.0. The molecule has 5 heteroatoms. The summed E-state index contributed by atoms with van der Waals surface area (Å²) in [5, 5.41) is 0. The fourth-order valence-electron chi connectivity index (χ4n) is 4.36. The normalized spacial score (nSPS) is 22.1. The molecule has 2 aromatic heterocycles. The summed E-state index contributed by atoms with van der Waals surface area (Å²) in [5.74, 6) is 1.81. The molecule has 1 unspecified atom stereocenters. The van der Waals surface area contributed by atoms with Crippen molar-refractivity contribution < 1.29 is 0 Å². The van der Waals surface area contributed by atoms with E-state index in [1.54, 1.807) is 6.20 Å². The van der Waals surface area contributed by atoms with Crippen molar-refractivity contribution in [1.29, 1.82) is 0 Å². The second-order valence-corrected chi connectivity index (χ2v) is 7.56. The fourth-order valence-corrected chi connectivity index (χ4v) is 4.36. The van der Waals surface area contributed by atoms with E-state index in [1.165, 1.54) is 32.2 Å². The van der Waals surface area contributed by atoms with Gasteiger partial charge in [0.15, 0.2) is 5.82 Å². The molecule has 1 atom stereocenters. The van der Waals surface area contributed by atoms with E-state index in [-0.39, 0.29) is 0 Å². The van der Waals surface area contributed by atoms with Crippen LogP contribution in [0.15, 0.2) is 30.5 Å². The van der Waals surface area contributed by atoms with Gasteiger partial charge >= 0.3 is 0 Å². The summed E-state index contributed by atoms with van der Waals surface area (Å²) in [6, 6.07) is 9.56. The van der Waals surface area contributed by atoms with Crippen LogP contribution in [0.1, 0.15) is 45.2 Å². The van der Waals surface area contributed by atoms with Crippen molar-refractivity contribution in [2.75, 3.05) is 24.5 Å². The molecule has 2 saturated heterocycles. The third-order valence-electron chi connectivity index (χ3n) is 5.88. The van der Waals surface area contributed by atoms with Gasteiger partial charge in [0.25, 0.3) is 0 Å². The average Bonchev–Trinajstić information content (AvgIpc) is 3.14. The van der Waals surface area contributed by atoms with Crippen molar-refractivity contribution in [3.8, 4) is 11.5 Å². The maximum Gasteiger partial charge on any atom is 0.180 e. The third kappa shape index (κ3) is 3.58. The van der Waals surface area contributed by atoms with E-state index in [9.17, 15) is 0 Å². The molecule has 4 heterocycles. The molecule has 0 aromatic carbocycles. The van der Waals surface area contributed by atoms with Gasteiger partial charge < -0.3 is 4.90 Å². The van der Waals surface area contributed by atoms with E-state index in [0.717, 1.165) is 54.6 Å². The lowest BCUT2D eigenvalue weighted by molar-refractivity contribution is 0.163. The molecule has 4 rings (SSSR count). The summed E-state index contributed by atoms with van der Waals surface area (Å²) >= 11 is 0. The molecule has 2 aromatic rings. The minimum absolute atomic E-state index is 0.742. The maximum absolute atomic E-state index is 4.85. The van der Waals surface area contributed by atoms with E-state index in [1.807, 2.05) is 18.2 Å². The van der Waals surface area contributed by atoms with Crippen LogP contribution in [0.25, 0.3) is 11.5 Å². The lowest BCUT2D eigenvalue weighted by Crippen LogP contribution is -2.46. The average molecular weight is 351 g/mol. The predicted molar refractivity (Wildman–Crippen MR) is 105 cm³/mol. The Labute approximate surface area is 156 Å². The SMILES string of the molecule is CCc1cc(N2CCC(N3CCCC3C)CC2)nc(-c2ccccn2)n1. The number of piperidine rings is 1. The highest BCUT2D eigenvalue weighted by atomic mass is 15.3. The molecule has 5 nitrogen and oxygen atoms in total. The Kier molecular flexibility index (Phi) is 5.16. The number of anilines is 1. The molecular formula is C21H29N5. The molecule has 0 amide bonds. The number of likely N-dealkylation sites (tertiary alicyclic amines) is 1. The van der Waals surface area contributed by atoms with Crippen LogP contribution in [0, 0.1) is 0 Å². The number of rotatable bonds is 4. The molecule has 2 aliphatic heterocycles. The molecule has 0 aliphatic carbocycles. The van der Waals surface area contributed by atoms with Gasteiger partial charge in [0.1, 0.15) is 11.5 Å². The number of hydrogen-bond acceptors (Lipinski definition) is 5. The van der Waals surface area contributed by atoms with E-state index in [4.69, 9.17) is 9.97 Å². The van der Waals surface area contributed by atoms with Gasteiger partial charge in [0, 0.05) is 43.1 Å². The van der Waals surface area contributed by atoms with Crippen LogP contribution < -0.4 is 4.90 Å². The van der Waals surface area contributed by atoms with Crippen LogP contribution in [0.5, 0.6) is 0 Å². The zero-order valence-electron chi connectivity index (χ0n) is 15.9. The Morgan fingerprint density at radius 2 is 1.92 bits per heavy atom. The smallest absolute Gasteiger partial charge is 0.180 e. The highest BCUT2D eigenvalue weighted by Gasteiger charge is 2.31. The summed E-state index contributed by atoms with van der Waals surface area (Å²) in [4.78, 5) is 19.1. The van der Waals surface area contributed by atoms with Gasteiger partial charge in [-0.15, -0.1) is 0 Å². The number of pyridine rings is 1. The van der Waals surface area contributed by atoms with Crippen LogP contribution in [-0.4, -0.2) is 51.6 Å². The second kappa shape index (κ2) is 7.70. The number of aryl methyl sites for hydroxylation is 1. The van der Waals surface area contributed by atoms with Crippen LogP contribution in [0.4, 0.5) is 5.82 Å². The van der Waals surface area contributed by atoms with E-state index < -0.39 is 0 Å². The predicted octanol–water partition coefficient (Wildman–Crippen LogP) is 3.55. The zero-order valence-corrected chi connectivity index (χ0v) is 15.9. The van der Waals surface area contributed by atoms with Crippen LogP contribution >= 0.6 is 0 Å². The number of nitrogens with zero attached hydrogens (tertiary/aromatic N) is 5. The van der Waals surface area contributed by atoms with Crippen molar-refractivity contribution >= 4 is 5.82 Å². The van der Waals surface area contributed by atoms with Gasteiger partial charge in [-0.3, -0.25) is 9.88 Å². The minimum Gasteiger partial charge on any atom is -0.356 e. The first kappa shape index (κ1) is 17.4. The number of aromatic nitrogens is 3. The summed E-state index contributed by atoms with van der Waals surface area (Å²) in [6.45, 7) is 7.97. The molecule has 138 valence electrons. The molecular weight excluding hydrogens is 322 g/mol. The topological polar surface area (TPSA) is 45.2 Å². The van der Waals surface area contributed by atoms with Crippen molar-refractivity contribution in [3.05, 3.63) is 36.2 Å². The molecule has 0 N–H and O–H groups in total. The van der Waals surface area contributed by atoms with Crippen molar-refractivity contribution in [3.63, 3.8) is 0 Å². The van der Waals surface area contributed by atoms with Crippen molar-refractivity contribution in [2.24, 2.45) is 0 Å². The van der Waals surface area contributed by atoms with Crippen LogP contribution in [0.3, 0.4) is 0 Å². The van der Waals surface area contributed by atoms with E-state index in [2.05, 4.69) is 34.7 Å². The number of hydrogen-bond donors (Lipinski definition) is 0. The summed E-state index contributed by atoms with van der Waals surface area (Å²) in [5.41, 5.74) is 1.94. The highest BCUT2D eigenvalue weighted by molar-refractivity contribution is 5.54. The van der Waals surface area contributed by atoms with Gasteiger partial charge in [-0.05, 0) is 57.7 Å². The van der Waals surface area contributed by atoms with Crippen molar-refractivity contribution in [2.45, 2.75) is 58.0 Å². The van der Waals surface area contributed by atoms with Gasteiger partial charge in [0.2, 0.25) is 0 Å². The van der Waals surface area contributed by atoms with Gasteiger partial charge in [-0.2, -0.15) is 0 Å². The van der Waals surface area contributed by atoms with E-state index in [0.29, 0.717) is 0 Å². The molecule has 2 fully saturated rings. The Bertz CT molecular complexity index is 724. The van der Waals surface area contributed by atoms with Crippen LogP contribution in [0.2, 0.25) is 0 Å². The molecule has 0 spiro atoms. The quantitative estimate of drug-likeness (QED) is 0.843. The molecule has 0 radical (unpaired) electrons. The minimum atomic E-state index is 0.742. The van der Waals surface area contributed by atoms with Gasteiger partial charge in [-0.1, -0.05) is 13.0 Å². The molecule has 0 bridgehead atoms. The Morgan fingerprint density at radius 1 is 1.08 bits per heavy atom. The Balaban J connectivity index is 1.51. The molecule has 26 heavy (non-hydrogen) atoms. The largest absolute Gasteiger partial charge is 0.356 e.